The smallest absolute Gasteiger partial charge is 0.254 e. The van der Waals surface area contributed by atoms with Crippen molar-refractivity contribution in [2.45, 2.75) is 69.7 Å². The standard InChI is InChI=1S/C16H24N2O2S/c1-15(2,10-19)9-16(3,4)21-14-17-12-8-6-5-7-11(12)13(20)18-14/h10H,5-9H2,1-4H3,(H,17,18,20). The first-order chi connectivity index (χ1) is 9.72. The second kappa shape index (κ2) is 5.95. The van der Waals surface area contributed by atoms with Crippen LogP contribution in [0.2, 0.25) is 0 Å². The minimum Gasteiger partial charge on any atom is -0.303 e. The first-order valence-corrected chi connectivity index (χ1v) is 8.31. The monoisotopic (exact) mass is 308 g/mol. The fourth-order valence-electron chi connectivity index (χ4n) is 3.07. The zero-order valence-corrected chi connectivity index (χ0v) is 14.1. The number of nitrogens with one attached hydrogen (secondary N) is 1. The van der Waals surface area contributed by atoms with Gasteiger partial charge in [0, 0.05) is 15.7 Å². The number of H-pyrrole nitrogens is 1. The third kappa shape index (κ3) is 4.19. The maximum atomic E-state index is 12.1. The second-order valence-corrected chi connectivity index (χ2v) is 8.84. The van der Waals surface area contributed by atoms with Gasteiger partial charge in [0.15, 0.2) is 5.16 Å². The van der Waals surface area contributed by atoms with Gasteiger partial charge in [0.05, 0.1) is 5.69 Å². The Hall–Kier alpha value is -1.10. The Morgan fingerprint density at radius 1 is 1.24 bits per heavy atom. The van der Waals surface area contributed by atoms with Gasteiger partial charge < -0.3 is 9.78 Å². The molecule has 0 amide bonds. The van der Waals surface area contributed by atoms with Gasteiger partial charge in [0.1, 0.15) is 6.29 Å². The van der Waals surface area contributed by atoms with Crippen LogP contribution in [0, 0.1) is 5.41 Å². The van der Waals surface area contributed by atoms with E-state index in [0.29, 0.717) is 5.16 Å². The number of carbonyl (C=O) groups excluding carboxylic acids is 1. The topological polar surface area (TPSA) is 62.8 Å². The molecule has 0 aliphatic heterocycles. The van der Waals surface area contributed by atoms with Crippen molar-refractivity contribution in [3.05, 3.63) is 21.6 Å². The quantitative estimate of drug-likeness (QED) is 0.516. The minimum absolute atomic E-state index is 0.00708. The first-order valence-electron chi connectivity index (χ1n) is 7.50. The molecular weight excluding hydrogens is 284 g/mol. The van der Waals surface area contributed by atoms with Crippen molar-refractivity contribution in [1.82, 2.24) is 9.97 Å². The molecular formula is C16H24N2O2S. The Morgan fingerprint density at radius 3 is 2.57 bits per heavy atom. The van der Waals surface area contributed by atoms with Crippen molar-refractivity contribution in [3.8, 4) is 0 Å². The van der Waals surface area contributed by atoms with E-state index in [-0.39, 0.29) is 15.7 Å². The summed E-state index contributed by atoms with van der Waals surface area (Å²) in [5, 5.41) is 0.673. The summed E-state index contributed by atoms with van der Waals surface area (Å²) in [5.41, 5.74) is 1.45. The summed E-state index contributed by atoms with van der Waals surface area (Å²) >= 11 is 1.55. The van der Waals surface area contributed by atoms with Crippen LogP contribution in [0.4, 0.5) is 0 Å². The maximum Gasteiger partial charge on any atom is 0.254 e. The van der Waals surface area contributed by atoms with Gasteiger partial charge in [-0.15, -0.1) is 0 Å². The average molecular weight is 308 g/mol. The SMILES string of the molecule is CC(C)(C=O)CC(C)(C)Sc1nc2c(c(=O)[nH]1)CCCC2. The number of aromatic nitrogens is 2. The summed E-state index contributed by atoms with van der Waals surface area (Å²) in [4.78, 5) is 30.8. The molecule has 0 fully saturated rings. The second-order valence-electron chi connectivity index (χ2n) is 7.15. The van der Waals surface area contributed by atoms with E-state index < -0.39 is 0 Å². The van der Waals surface area contributed by atoms with Crippen LogP contribution in [-0.2, 0) is 17.6 Å². The highest BCUT2D eigenvalue weighted by molar-refractivity contribution is 8.00. The molecule has 5 heteroatoms. The first kappa shape index (κ1) is 16.3. The number of hydrogen-bond donors (Lipinski definition) is 1. The lowest BCUT2D eigenvalue weighted by molar-refractivity contribution is -0.115. The highest BCUT2D eigenvalue weighted by Gasteiger charge is 2.30. The van der Waals surface area contributed by atoms with E-state index in [2.05, 4.69) is 23.8 Å². The molecule has 2 rings (SSSR count). The van der Waals surface area contributed by atoms with Crippen LogP contribution in [0.25, 0.3) is 0 Å². The van der Waals surface area contributed by atoms with Crippen molar-refractivity contribution in [3.63, 3.8) is 0 Å². The van der Waals surface area contributed by atoms with Gasteiger partial charge in [-0.2, -0.15) is 0 Å². The predicted octanol–water partition coefficient (Wildman–Crippen LogP) is 3.13. The molecule has 0 radical (unpaired) electrons. The van der Waals surface area contributed by atoms with Crippen molar-refractivity contribution in [2.24, 2.45) is 5.41 Å². The summed E-state index contributed by atoms with van der Waals surface area (Å²) in [6, 6.07) is 0. The molecule has 0 saturated heterocycles. The number of hydrogen-bond acceptors (Lipinski definition) is 4. The van der Waals surface area contributed by atoms with Gasteiger partial charge in [-0.25, -0.2) is 4.98 Å². The number of fused-ring (bicyclic) bond motifs is 1. The molecule has 0 spiro atoms. The summed E-state index contributed by atoms with van der Waals surface area (Å²) < 4.78 is -0.163. The summed E-state index contributed by atoms with van der Waals surface area (Å²) in [6.07, 6.45) is 5.64. The summed E-state index contributed by atoms with van der Waals surface area (Å²) in [5.74, 6) is 0. The zero-order chi connectivity index (χ0) is 15.7. The van der Waals surface area contributed by atoms with Crippen LogP contribution >= 0.6 is 11.8 Å². The number of nitrogens with zero attached hydrogens (tertiary/aromatic N) is 1. The Balaban J connectivity index is 2.21. The van der Waals surface area contributed by atoms with Crippen LogP contribution in [0.3, 0.4) is 0 Å². The fourth-order valence-corrected chi connectivity index (χ4v) is 4.33. The summed E-state index contributed by atoms with van der Waals surface area (Å²) in [7, 11) is 0. The van der Waals surface area contributed by atoms with Crippen LogP contribution in [0.5, 0.6) is 0 Å². The van der Waals surface area contributed by atoms with Gasteiger partial charge in [0.2, 0.25) is 0 Å². The predicted molar refractivity (Wildman–Crippen MR) is 85.9 cm³/mol. The number of rotatable bonds is 5. The molecule has 0 bridgehead atoms. The molecule has 1 aliphatic carbocycles. The van der Waals surface area contributed by atoms with E-state index in [1.54, 1.807) is 11.8 Å². The Kier molecular flexibility index (Phi) is 4.61. The van der Waals surface area contributed by atoms with Crippen molar-refractivity contribution in [2.75, 3.05) is 0 Å². The maximum absolute atomic E-state index is 12.1. The third-order valence-electron chi connectivity index (χ3n) is 3.74. The van der Waals surface area contributed by atoms with E-state index in [1.807, 2.05) is 13.8 Å². The molecule has 21 heavy (non-hydrogen) atoms. The Morgan fingerprint density at radius 2 is 1.90 bits per heavy atom. The molecule has 116 valence electrons. The van der Waals surface area contributed by atoms with E-state index in [4.69, 9.17) is 0 Å². The lowest BCUT2D eigenvalue weighted by atomic mass is 9.85. The van der Waals surface area contributed by atoms with Gasteiger partial charge in [0.25, 0.3) is 5.56 Å². The molecule has 1 aliphatic rings. The van der Waals surface area contributed by atoms with E-state index in [1.165, 1.54) is 0 Å². The lowest BCUT2D eigenvalue weighted by Crippen LogP contribution is -2.28. The fraction of sp³-hybridized carbons (Fsp3) is 0.688. The van der Waals surface area contributed by atoms with Crippen molar-refractivity contribution in [1.29, 1.82) is 0 Å². The third-order valence-corrected chi connectivity index (χ3v) is 4.83. The molecule has 1 heterocycles. The van der Waals surface area contributed by atoms with Crippen molar-refractivity contribution >= 4 is 18.0 Å². The normalized spacial score (nSPS) is 15.6. The number of aldehydes is 1. The molecule has 1 aromatic rings. The Bertz CT molecular complexity index is 590. The molecule has 0 aromatic carbocycles. The lowest BCUT2D eigenvalue weighted by Gasteiger charge is -2.30. The highest BCUT2D eigenvalue weighted by atomic mass is 32.2. The van der Waals surface area contributed by atoms with Crippen LogP contribution in [-0.4, -0.2) is 21.0 Å². The van der Waals surface area contributed by atoms with Crippen LogP contribution < -0.4 is 5.56 Å². The summed E-state index contributed by atoms with van der Waals surface area (Å²) in [6.45, 7) is 8.04. The van der Waals surface area contributed by atoms with E-state index >= 15 is 0 Å². The Labute approximate surface area is 130 Å². The van der Waals surface area contributed by atoms with Gasteiger partial charge in [-0.3, -0.25) is 4.79 Å². The van der Waals surface area contributed by atoms with E-state index in [9.17, 15) is 9.59 Å². The van der Waals surface area contributed by atoms with Crippen molar-refractivity contribution < 1.29 is 4.79 Å². The number of aryl methyl sites for hydroxylation is 1. The minimum atomic E-state index is -0.370. The molecule has 4 nitrogen and oxygen atoms in total. The van der Waals surface area contributed by atoms with Gasteiger partial charge in [-0.05, 0) is 32.1 Å². The molecule has 0 saturated carbocycles. The number of carbonyl (C=O) groups is 1. The highest BCUT2D eigenvalue weighted by Crippen LogP contribution is 2.39. The van der Waals surface area contributed by atoms with Gasteiger partial charge in [-0.1, -0.05) is 39.5 Å². The molecule has 1 N–H and O–H groups in total. The largest absolute Gasteiger partial charge is 0.303 e. The van der Waals surface area contributed by atoms with Crippen LogP contribution in [0.1, 0.15) is 58.2 Å². The van der Waals surface area contributed by atoms with Gasteiger partial charge >= 0.3 is 0 Å². The average Bonchev–Trinajstić information content (AvgIpc) is 2.37. The number of aromatic amines is 1. The zero-order valence-electron chi connectivity index (χ0n) is 13.3. The van der Waals surface area contributed by atoms with Crippen LogP contribution in [0.15, 0.2) is 9.95 Å². The number of thioether (sulfide) groups is 1. The molecule has 0 unspecified atom stereocenters. The van der Waals surface area contributed by atoms with E-state index in [0.717, 1.165) is 49.6 Å². The molecule has 1 aromatic heterocycles. The molecule has 0 atom stereocenters.